The van der Waals surface area contributed by atoms with Crippen LogP contribution in [0.3, 0.4) is 0 Å². The van der Waals surface area contributed by atoms with Crippen molar-refractivity contribution in [3.8, 4) is 0 Å². The van der Waals surface area contributed by atoms with Gasteiger partial charge in [-0.3, -0.25) is 4.79 Å². The molecule has 0 radical (unpaired) electrons. The zero-order valence-electron chi connectivity index (χ0n) is 11.0. The van der Waals surface area contributed by atoms with E-state index in [1.54, 1.807) is 12.3 Å². The van der Waals surface area contributed by atoms with Gasteiger partial charge in [0.15, 0.2) is 0 Å². The number of nitrogens with zero attached hydrogens (tertiary/aromatic N) is 1. The summed E-state index contributed by atoms with van der Waals surface area (Å²) in [6, 6.07) is 13.2. The fourth-order valence-corrected chi connectivity index (χ4v) is 2.81. The summed E-state index contributed by atoms with van der Waals surface area (Å²) in [6.45, 7) is 0. The van der Waals surface area contributed by atoms with Crippen LogP contribution >= 0.6 is 23.4 Å². The summed E-state index contributed by atoms with van der Waals surface area (Å²) >= 11 is 7.30. The highest BCUT2D eigenvalue weighted by molar-refractivity contribution is 7.99. The molecule has 1 aromatic carbocycles. The van der Waals surface area contributed by atoms with Gasteiger partial charge in [0.1, 0.15) is 0 Å². The summed E-state index contributed by atoms with van der Waals surface area (Å²) in [5, 5.41) is 1.43. The number of methoxy groups -OCH3 is 1. The van der Waals surface area contributed by atoms with Gasteiger partial charge in [-0.1, -0.05) is 41.9 Å². The van der Waals surface area contributed by atoms with Gasteiger partial charge >= 0.3 is 5.97 Å². The standard InChI is InChI=1S/C15H14ClNO2S/c1-19-15(18)13(11-5-3-2-4-6-11)10-20-14-8-7-12(16)9-17-14/h2-9,13H,10H2,1H3. The topological polar surface area (TPSA) is 39.2 Å². The van der Waals surface area contributed by atoms with Crippen LogP contribution in [0.2, 0.25) is 5.02 Å². The molecular weight excluding hydrogens is 294 g/mol. The smallest absolute Gasteiger partial charge is 0.313 e. The van der Waals surface area contributed by atoms with Crippen LogP contribution in [-0.4, -0.2) is 23.8 Å². The van der Waals surface area contributed by atoms with E-state index in [0.29, 0.717) is 10.8 Å². The lowest BCUT2D eigenvalue weighted by Gasteiger charge is -2.14. The molecule has 1 aromatic heterocycles. The maximum atomic E-state index is 11.9. The molecule has 0 bridgehead atoms. The molecule has 5 heteroatoms. The Balaban J connectivity index is 2.09. The number of rotatable bonds is 5. The van der Waals surface area contributed by atoms with Crippen molar-refractivity contribution in [3.05, 3.63) is 59.2 Å². The Hall–Kier alpha value is -1.52. The first kappa shape index (κ1) is 14.9. The Morgan fingerprint density at radius 2 is 2.05 bits per heavy atom. The monoisotopic (exact) mass is 307 g/mol. The van der Waals surface area contributed by atoms with Crippen molar-refractivity contribution < 1.29 is 9.53 Å². The first-order chi connectivity index (χ1) is 9.70. The Labute approximate surface area is 127 Å². The number of halogens is 1. The number of esters is 1. The molecule has 0 fully saturated rings. The summed E-state index contributed by atoms with van der Waals surface area (Å²) in [5.74, 6) is 0.0343. The molecular formula is C15H14ClNO2S. The SMILES string of the molecule is COC(=O)C(CSc1ccc(Cl)cn1)c1ccccc1. The van der Waals surface area contributed by atoms with Crippen LogP contribution in [0.5, 0.6) is 0 Å². The van der Waals surface area contributed by atoms with Gasteiger partial charge in [-0.15, -0.1) is 11.8 Å². The fourth-order valence-electron chi connectivity index (χ4n) is 1.74. The third-order valence-electron chi connectivity index (χ3n) is 2.79. The number of pyridine rings is 1. The zero-order valence-corrected chi connectivity index (χ0v) is 12.5. The molecule has 0 aliphatic heterocycles. The van der Waals surface area contributed by atoms with Crippen LogP contribution in [-0.2, 0) is 9.53 Å². The van der Waals surface area contributed by atoms with Gasteiger partial charge in [0.05, 0.1) is 23.1 Å². The number of hydrogen-bond acceptors (Lipinski definition) is 4. The number of benzene rings is 1. The van der Waals surface area contributed by atoms with Crippen molar-refractivity contribution in [2.45, 2.75) is 10.9 Å². The van der Waals surface area contributed by atoms with Crippen molar-refractivity contribution in [1.29, 1.82) is 0 Å². The van der Waals surface area contributed by atoms with Crippen LogP contribution in [0.25, 0.3) is 0 Å². The van der Waals surface area contributed by atoms with E-state index in [2.05, 4.69) is 4.98 Å². The second-order valence-corrected chi connectivity index (χ2v) is 5.59. The summed E-state index contributed by atoms with van der Waals surface area (Å²) < 4.78 is 4.88. The van der Waals surface area contributed by atoms with Crippen molar-refractivity contribution in [3.63, 3.8) is 0 Å². The molecule has 104 valence electrons. The maximum Gasteiger partial charge on any atom is 0.313 e. The summed E-state index contributed by atoms with van der Waals surface area (Å²) in [7, 11) is 1.41. The summed E-state index contributed by atoms with van der Waals surface area (Å²) in [5.41, 5.74) is 0.945. The molecule has 2 rings (SSSR count). The van der Waals surface area contributed by atoms with Gasteiger partial charge in [-0.25, -0.2) is 4.98 Å². The van der Waals surface area contributed by atoms with Crippen LogP contribution in [0.1, 0.15) is 11.5 Å². The molecule has 2 aromatic rings. The number of carbonyl (C=O) groups excluding carboxylic acids is 1. The van der Waals surface area contributed by atoms with E-state index in [0.717, 1.165) is 10.6 Å². The normalized spacial score (nSPS) is 11.9. The molecule has 1 atom stereocenters. The molecule has 20 heavy (non-hydrogen) atoms. The molecule has 1 unspecified atom stereocenters. The number of aromatic nitrogens is 1. The number of carbonyl (C=O) groups is 1. The first-order valence-corrected chi connectivity index (χ1v) is 7.44. The first-order valence-electron chi connectivity index (χ1n) is 6.08. The summed E-state index contributed by atoms with van der Waals surface area (Å²) in [6.07, 6.45) is 1.60. The Kier molecular flexibility index (Phi) is 5.44. The lowest BCUT2D eigenvalue weighted by Crippen LogP contribution is -2.16. The van der Waals surface area contributed by atoms with Crippen molar-refractivity contribution in [2.24, 2.45) is 0 Å². The Bertz CT molecular complexity index is 560. The van der Waals surface area contributed by atoms with E-state index < -0.39 is 0 Å². The minimum absolute atomic E-state index is 0.238. The van der Waals surface area contributed by atoms with Gasteiger partial charge in [0.25, 0.3) is 0 Å². The van der Waals surface area contributed by atoms with Crippen LogP contribution in [0, 0.1) is 0 Å². The van der Waals surface area contributed by atoms with Crippen molar-refractivity contribution in [1.82, 2.24) is 4.98 Å². The van der Waals surface area contributed by atoms with Crippen LogP contribution in [0.15, 0.2) is 53.7 Å². The average Bonchev–Trinajstić information content (AvgIpc) is 2.50. The predicted octanol–water partition coefficient (Wildman–Crippen LogP) is 3.78. The minimum Gasteiger partial charge on any atom is -0.469 e. The van der Waals surface area contributed by atoms with Gasteiger partial charge in [-0.2, -0.15) is 0 Å². The highest BCUT2D eigenvalue weighted by Crippen LogP contribution is 2.26. The van der Waals surface area contributed by atoms with Crippen LogP contribution in [0.4, 0.5) is 0 Å². The number of thioether (sulfide) groups is 1. The molecule has 0 aliphatic carbocycles. The maximum absolute atomic E-state index is 11.9. The lowest BCUT2D eigenvalue weighted by atomic mass is 10.0. The van der Waals surface area contributed by atoms with E-state index in [-0.39, 0.29) is 11.9 Å². The quantitative estimate of drug-likeness (QED) is 0.622. The molecule has 0 aliphatic rings. The second-order valence-electron chi connectivity index (χ2n) is 4.11. The average molecular weight is 308 g/mol. The zero-order chi connectivity index (χ0) is 14.4. The number of hydrogen-bond donors (Lipinski definition) is 0. The lowest BCUT2D eigenvalue weighted by molar-refractivity contribution is -0.141. The summed E-state index contributed by atoms with van der Waals surface area (Å²) in [4.78, 5) is 16.1. The largest absolute Gasteiger partial charge is 0.469 e. The van der Waals surface area contributed by atoms with Gasteiger partial charge in [0.2, 0.25) is 0 Å². The highest BCUT2D eigenvalue weighted by atomic mass is 35.5. The minimum atomic E-state index is -0.302. The molecule has 0 N–H and O–H groups in total. The van der Waals surface area contributed by atoms with Gasteiger partial charge in [0, 0.05) is 11.9 Å². The van der Waals surface area contributed by atoms with E-state index in [1.165, 1.54) is 18.9 Å². The van der Waals surface area contributed by atoms with E-state index in [4.69, 9.17) is 16.3 Å². The molecule has 1 heterocycles. The van der Waals surface area contributed by atoms with Crippen molar-refractivity contribution >= 4 is 29.3 Å². The molecule has 3 nitrogen and oxygen atoms in total. The molecule has 0 saturated heterocycles. The fraction of sp³-hybridized carbons (Fsp3) is 0.200. The van der Waals surface area contributed by atoms with Crippen molar-refractivity contribution in [2.75, 3.05) is 12.9 Å². The third kappa shape index (κ3) is 3.99. The second kappa shape index (κ2) is 7.31. The molecule has 0 amide bonds. The van der Waals surface area contributed by atoms with Gasteiger partial charge in [-0.05, 0) is 17.7 Å². The molecule has 0 saturated carbocycles. The third-order valence-corrected chi connectivity index (χ3v) is 4.05. The van der Waals surface area contributed by atoms with E-state index in [1.807, 2.05) is 36.4 Å². The van der Waals surface area contributed by atoms with Gasteiger partial charge < -0.3 is 4.74 Å². The Morgan fingerprint density at radius 1 is 1.30 bits per heavy atom. The highest BCUT2D eigenvalue weighted by Gasteiger charge is 2.21. The predicted molar refractivity (Wildman–Crippen MR) is 81.2 cm³/mol. The Morgan fingerprint density at radius 3 is 2.65 bits per heavy atom. The van der Waals surface area contributed by atoms with Crippen LogP contribution < -0.4 is 0 Å². The molecule has 0 spiro atoms. The van der Waals surface area contributed by atoms with E-state index in [9.17, 15) is 4.79 Å². The van der Waals surface area contributed by atoms with E-state index >= 15 is 0 Å². The number of ether oxygens (including phenoxy) is 1.